The number of benzene rings is 1. The third kappa shape index (κ3) is 2.70. The van der Waals surface area contributed by atoms with Crippen LogP contribution in [0.4, 0.5) is 4.39 Å². The van der Waals surface area contributed by atoms with Crippen LogP contribution in [-0.4, -0.2) is 9.55 Å². The lowest BCUT2D eigenvalue weighted by molar-refractivity contribution is 0.592. The average Bonchev–Trinajstić information content (AvgIpc) is 2.29. The number of nitrogens with one attached hydrogen (secondary N) is 1. The molecule has 0 radical (unpaired) electrons. The maximum atomic E-state index is 13.6. The summed E-state index contributed by atoms with van der Waals surface area (Å²) in [5.74, 6) is -0.446. The van der Waals surface area contributed by atoms with Gasteiger partial charge in [0.15, 0.2) is 0 Å². The van der Waals surface area contributed by atoms with Crippen LogP contribution in [-0.2, 0) is 6.54 Å². The van der Waals surface area contributed by atoms with Crippen LogP contribution in [0.3, 0.4) is 0 Å². The number of H-pyrrole nitrogens is 1. The molecule has 0 aliphatic rings. The molecule has 0 fully saturated rings. The van der Waals surface area contributed by atoms with Crippen molar-refractivity contribution < 1.29 is 4.39 Å². The van der Waals surface area contributed by atoms with E-state index in [1.165, 1.54) is 12.3 Å². The van der Waals surface area contributed by atoms with E-state index in [0.717, 1.165) is 4.57 Å². The molecule has 0 aliphatic heterocycles. The van der Waals surface area contributed by atoms with E-state index in [4.69, 9.17) is 11.6 Å². The van der Waals surface area contributed by atoms with E-state index in [2.05, 4.69) is 15.9 Å². The van der Waals surface area contributed by atoms with E-state index in [9.17, 15) is 14.0 Å². The van der Waals surface area contributed by atoms with Crippen LogP contribution >= 0.6 is 27.5 Å². The molecule has 0 unspecified atom stereocenters. The quantitative estimate of drug-likeness (QED) is 0.915. The molecule has 0 amide bonds. The van der Waals surface area contributed by atoms with E-state index < -0.39 is 17.1 Å². The SMILES string of the molecule is O=c1[nH]c(=O)n(Cc2ccc(Br)cc2F)cc1Cl. The van der Waals surface area contributed by atoms with Gasteiger partial charge < -0.3 is 0 Å². The molecule has 18 heavy (non-hydrogen) atoms. The van der Waals surface area contributed by atoms with Gasteiger partial charge in [-0.25, -0.2) is 9.18 Å². The molecule has 2 rings (SSSR count). The Morgan fingerprint density at radius 2 is 2.11 bits per heavy atom. The zero-order chi connectivity index (χ0) is 13.3. The number of hydrogen-bond donors (Lipinski definition) is 1. The van der Waals surface area contributed by atoms with Gasteiger partial charge in [0.1, 0.15) is 10.8 Å². The van der Waals surface area contributed by atoms with Gasteiger partial charge in [-0.2, -0.15) is 0 Å². The van der Waals surface area contributed by atoms with Gasteiger partial charge in [0.25, 0.3) is 5.56 Å². The first-order valence-electron chi connectivity index (χ1n) is 4.90. The predicted molar refractivity (Wildman–Crippen MR) is 69.5 cm³/mol. The van der Waals surface area contributed by atoms with E-state index in [1.807, 2.05) is 4.98 Å². The Kier molecular flexibility index (Phi) is 3.68. The van der Waals surface area contributed by atoms with Crippen molar-refractivity contribution in [3.63, 3.8) is 0 Å². The molecule has 1 aromatic carbocycles. The van der Waals surface area contributed by atoms with Gasteiger partial charge in [-0.1, -0.05) is 33.6 Å². The Morgan fingerprint density at radius 1 is 1.39 bits per heavy atom. The standard InChI is InChI=1S/C11H7BrClFN2O2/c12-7-2-1-6(9(14)3-7)4-16-5-8(13)10(17)15-11(16)18/h1-3,5H,4H2,(H,15,17,18). The number of halogens is 3. The molecule has 7 heteroatoms. The van der Waals surface area contributed by atoms with Crippen LogP contribution in [0.25, 0.3) is 0 Å². The number of rotatable bonds is 2. The molecule has 0 atom stereocenters. The minimum Gasteiger partial charge on any atom is -0.295 e. The van der Waals surface area contributed by atoms with Crippen LogP contribution in [0.5, 0.6) is 0 Å². The molecule has 0 bridgehead atoms. The summed E-state index contributed by atoms with van der Waals surface area (Å²) in [6.45, 7) is -0.00551. The van der Waals surface area contributed by atoms with Gasteiger partial charge in [0.05, 0.1) is 6.54 Å². The Bertz CT molecular complexity index is 711. The first-order chi connectivity index (χ1) is 8.47. The second-order valence-electron chi connectivity index (χ2n) is 3.60. The molecule has 94 valence electrons. The zero-order valence-corrected chi connectivity index (χ0v) is 11.3. The maximum absolute atomic E-state index is 13.6. The molecule has 4 nitrogen and oxygen atoms in total. The average molecular weight is 334 g/mol. The molecule has 0 saturated carbocycles. The van der Waals surface area contributed by atoms with Gasteiger partial charge in [0, 0.05) is 16.2 Å². The topological polar surface area (TPSA) is 54.9 Å². The number of nitrogens with zero attached hydrogens (tertiary/aromatic N) is 1. The van der Waals surface area contributed by atoms with Gasteiger partial charge in [0.2, 0.25) is 0 Å². The van der Waals surface area contributed by atoms with Crippen molar-refractivity contribution in [1.82, 2.24) is 9.55 Å². The van der Waals surface area contributed by atoms with Crippen molar-refractivity contribution in [2.24, 2.45) is 0 Å². The molecule has 2 aromatic rings. The first kappa shape index (κ1) is 13.0. The van der Waals surface area contributed by atoms with E-state index >= 15 is 0 Å². The van der Waals surface area contributed by atoms with Crippen LogP contribution in [0.15, 0.2) is 38.5 Å². The summed E-state index contributed by atoms with van der Waals surface area (Å²) in [4.78, 5) is 24.6. The van der Waals surface area contributed by atoms with Crippen LogP contribution in [0, 0.1) is 5.82 Å². The Hall–Kier alpha value is -1.40. The Labute approximate surface area is 114 Å². The van der Waals surface area contributed by atoms with Crippen molar-refractivity contribution in [3.8, 4) is 0 Å². The maximum Gasteiger partial charge on any atom is 0.328 e. The molecule has 1 aromatic heterocycles. The number of hydrogen-bond acceptors (Lipinski definition) is 2. The lowest BCUT2D eigenvalue weighted by Crippen LogP contribution is -2.30. The monoisotopic (exact) mass is 332 g/mol. The van der Waals surface area contributed by atoms with Crippen molar-refractivity contribution in [3.05, 3.63) is 66.1 Å². The Balaban J connectivity index is 2.43. The van der Waals surface area contributed by atoms with Crippen molar-refractivity contribution >= 4 is 27.5 Å². The molecule has 1 heterocycles. The highest BCUT2D eigenvalue weighted by Gasteiger charge is 2.07. The van der Waals surface area contributed by atoms with Gasteiger partial charge in [-0.3, -0.25) is 14.3 Å². The predicted octanol–water partition coefficient (Wildman–Crippen LogP) is 2.14. The lowest BCUT2D eigenvalue weighted by Gasteiger charge is -2.06. The van der Waals surface area contributed by atoms with E-state index in [-0.39, 0.29) is 11.6 Å². The summed E-state index contributed by atoms with van der Waals surface area (Å²) in [6, 6.07) is 4.51. The molecular formula is C11H7BrClFN2O2. The van der Waals surface area contributed by atoms with E-state index in [0.29, 0.717) is 10.0 Å². The third-order valence-corrected chi connectivity index (χ3v) is 3.09. The smallest absolute Gasteiger partial charge is 0.295 e. The lowest BCUT2D eigenvalue weighted by atomic mass is 10.2. The second kappa shape index (κ2) is 5.07. The molecular weight excluding hydrogens is 326 g/mol. The van der Waals surface area contributed by atoms with Gasteiger partial charge >= 0.3 is 5.69 Å². The summed E-state index contributed by atoms with van der Waals surface area (Å²) < 4.78 is 15.3. The minimum atomic E-state index is -0.658. The van der Waals surface area contributed by atoms with Crippen molar-refractivity contribution in [2.75, 3.05) is 0 Å². The molecule has 0 aliphatic carbocycles. The van der Waals surface area contributed by atoms with Crippen molar-refractivity contribution in [1.29, 1.82) is 0 Å². The van der Waals surface area contributed by atoms with Gasteiger partial charge in [-0.15, -0.1) is 0 Å². The molecule has 0 spiro atoms. The van der Waals surface area contributed by atoms with Crippen molar-refractivity contribution in [2.45, 2.75) is 6.54 Å². The first-order valence-corrected chi connectivity index (χ1v) is 6.07. The van der Waals surface area contributed by atoms with Crippen LogP contribution < -0.4 is 11.2 Å². The normalized spacial score (nSPS) is 10.6. The number of aromatic nitrogens is 2. The highest BCUT2D eigenvalue weighted by molar-refractivity contribution is 9.10. The summed E-state index contributed by atoms with van der Waals surface area (Å²) >= 11 is 8.75. The largest absolute Gasteiger partial charge is 0.328 e. The van der Waals surface area contributed by atoms with Crippen LogP contribution in [0.1, 0.15) is 5.56 Å². The molecule has 1 N–H and O–H groups in total. The van der Waals surface area contributed by atoms with Crippen LogP contribution in [0.2, 0.25) is 5.02 Å². The number of aromatic amines is 1. The summed E-state index contributed by atoms with van der Waals surface area (Å²) in [7, 11) is 0. The fraction of sp³-hybridized carbons (Fsp3) is 0.0909. The summed E-state index contributed by atoms with van der Waals surface area (Å²) in [6.07, 6.45) is 1.18. The fourth-order valence-electron chi connectivity index (χ4n) is 1.43. The minimum absolute atomic E-state index is 0.00551. The second-order valence-corrected chi connectivity index (χ2v) is 4.92. The van der Waals surface area contributed by atoms with Gasteiger partial charge in [-0.05, 0) is 12.1 Å². The highest BCUT2D eigenvalue weighted by atomic mass is 79.9. The summed E-state index contributed by atoms with van der Waals surface area (Å²) in [5.41, 5.74) is -0.968. The summed E-state index contributed by atoms with van der Waals surface area (Å²) in [5, 5.41) is -0.118. The molecule has 0 saturated heterocycles. The van der Waals surface area contributed by atoms with E-state index in [1.54, 1.807) is 12.1 Å². The highest BCUT2D eigenvalue weighted by Crippen LogP contribution is 2.15. The Morgan fingerprint density at radius 3 is 2.78 bits per heavy atom. The third-order valence-electron chi connectivity index (χ3n) is 2.32. The fourth-order valence-corrected chi connectivity index (χ4v) is 1.93. The zero-order valence-electron chi connectivity index (χ0n) is 8.91.